The van der Waals surface area contributed by atoms with Crippen LogP contribution in [0, 0.1) is 11.8 Å². The lowest BCUT2D eigenvalue weighted by atomic mass is 9.74. The fourth-order valence-electron chi connectivity index (χ4n) is 3.98. The second-order valence-electron chi connectivity index (χ2n) is 8.12. The van der Waals surface area contributed by atoms with Crippen LogP contribution in [0.15, 0.2) is 21.9 Å². The molecule has 4 unspecified atom stereocenters. The summed E-state index contributed by atoms with van der Waals surface area (Å²) in [5, 5.41) is 7.06. The average Bonchev–Trinajstić information content (AvgIpc) is 2.88. The predicted octanol–water partition coefficient (Wildman–Crippen LogP) is 1.64. The van der Waals surface area contributed by atoms with Crippen LogP contribution in [0.5, 0.6) is 0 Å². The van der Waals surface area contributed by atoms with Crippen molar-refractivity contribution in [3.05, 3.63) is 11.9 Å². The highest BCUT2D eigenvalue weighted by Gasteiger charge is 2.49. The van der Waals surface area contributed by atoms with Gasteiger partial charge in [0.2, 0.25) is 11.8 Å². The minimum absolute atomic E-state index is 0.0819. The second kappa shape index (κ2) is 18.4. The van der Waals surface area contributed by atoms with Gasteiger partial charge in [-0.1, -0.05) is 34.1 Å². The molecule has 2 aliphatic heterocycles. The molecule has 0 aliphatic carbocycles. The number of ether oxygens (including phenoxy) is 1. The molecule has 2 fully saturated rings. The third-order valence-electron chi connectivity index (χ3n) is 5.71. The van der Waals surface area contributed by atoms with Gasteiger partial charge in [-0.2, -0.15) is 0 Å². The number of Topliss-reactive ketones (excluding diaryl/α,β-unsaturated/α-hetero) is 1. The quantitative estimate of drug-likeness (QED) is 0.186. The molecule has 0 saturated carbocycles. The van der Waals surface area contributed by atoms with Crippen molar-refractivity contribution in [1.29, 1.82) is 0 Å². The Hall–Kier alpha value is -2.92. The van der Waals surface area contributed by atoms with Crippen molar-refractivity contribution in [2.75, 3.05) is 26.7 Å². The zero-order valence-corrected chi connectivity index (χ0v) is 22.8. The maximum absolute atomic E-state index is 12.6. The predicted molar refractivity (Wildman–Crippen MR) is 141 cm³/mol. The minimum atomic E-state index is -0.809. The summed E-state index contributed by atoms with van der Waals surface area (Å²) in [6, 6.07) is -1.46. The number of piperidine rings is 1. The first-order valence-electron chi connectivity index (χ1n) is 12.6. The van der Waals surface area contributed by atoms with Crippen LogP contribution in [0.3, 0.4) is 0 Å². The zero-order valence-electron chi connectivity index (χ0n) is 22.8. The van der Waals surface area contributed by atoms with Crippen molar-refractivity contribution in [3.8, 4) is 0 Å². The first kappa shape index (κ1) is 33.1. The molecule has 4 atom stereocenters. The molecule has 0 aromatic rings. The van der Waals surface area contributed by atoms with Crippen LogP contribution in [0.4, 0.5) is 0 Å². The second-order valence-corrected chi connectivity index (χ2v) is 8.12. The van der Waals surface area contributed by atoms with Crippen molar-refractivity contribution in [2.45, 2.75) is 72.9 Å². The summed E-state index contributed by atoms with van der Waals surface area (Å²) in [5.74, 6) is -2.29. The highest BCUT2D eigenvalue weighted by atomic mass is 16.5. The number of aliphatic imine (C=N–C) groups is 2. The van der Waals surface area contributed by atoms with Crippen molar-refractivity contribution in [1.82, 2.24) is 21.1 Å². The molecule has 2 amide bonds. The normalized spacial score (nSPS) is 23.2. The summed E-state index contributed by atoms with van der Waals surface area (Å²) < 4.78 is 5.02. The van der Waals surface area contributed by atoms with E-state index in [1.54, 1.807) is 6.92 Å². The van der Waals surface area contributed by atoms with Gasteiger partial charge in [-0.05, 0) is 51.9 Å². The Labute approximate surface area is 215 Å². The van der Waals surface area contributed by atoms with Crippen LogP contribution in [-0.2, 0) is 23.9 Å². The SMILES string of the molecule is C=N/C=C(\N=CC)C(=O)OCC(=O)C1NC(=O)C2C(CCNN2C(C)=O)C1C.CC.CCCCNC. The number of nitrogens with one attached hydrogen (secondary N) is 3. The van der Waals surface area contributed by atoms with E-state index >= 15 is 0 Å². The highest BCUT2D eigenvalue weighted by molar-refractivity contribution is 5.97. The Morgan fingerprint density at radius 1 is 1.31 bits per heavy atom. The first-order chi connectivity index (χ1) is 17.2. The molecule has 2 heterocycles. The van der Waals surface area contributed by atoms with Gasteiger partial charge in [-0.25, -0.2) is 10.2 Å². The van der Waals surface area contributed by atoms with Crippen LogP contribution in [0.25, 0.3) is 0 Å². The molecule has 2 rings (SSSR count). The van der Waals surface area contributed by atoms with Gasteiger partial charge in [0.15, 0.2) is 18.1 Å². The lowest BCUT2D eigenvalue weighted by Crippen LogP contribution is -2.69. The molecular formula is C25H44N6O5. The number of esters is 1. The number of hydrogen-bond acceptors (Lipinski definition) is 9. The summed E-state index contributed by atoms with van der Waals surface area (Å²) in [5.41, 5.74) is 2.84. The van der Waals surface area contributed by atoms with Gasteiger partial charge in [0.25, 0.3) is 0 Å². The van der Waals surface area contributed by atoms with Crippen LogP contribution in [-0.4, -0.2) is 80.3 Å². The molecule has 11 heteroatoms. The molecule has 0 radical (unpaired) electrons. The van der Waals surface area contributed by atoms with E-state index in [4.69, 9.17) is 4.74 Å². The van der Waals surface area contributed by atoms with E-state index in [9.17, 15) is 19.2 Å². The number of unbranched alkanes of at least 4 members (excludes halogenated alkanes) is 1. The molecule has 3 N–H and O–H groups in total. The van der Waals surface area contributed by atoms with E-state index in [-0.39, 0.29) is 23.4 Å². The molecule has 204 valence electrons. The van der Waals surface area contributed by atoms with E-state index in [0.29, 0.717) is 13.0 Å². The summed E-state index contributed by atoms with van der Waals surface area (Å²) >= 11 is 0. The molecule has 0 spiro atoms. The van der Waals surface area contributed by atoms with Gasteiger partial charge in [0, 0.05) is 19.7 Å². The monoisotopic (exact) mass is 508 g/mol. The van der Waals surface area contributed by atoms with Crippen molar-refractivity contribution < 1.29 is 23.9 Å². The van der Waals surface area contributed by atoms with Crippen molar-refractivity contribution >= 4 is 36.5 Å². The minimum Gasteiger partial charge on any atom is -0.453 e. The Morgan fingerprint density at radius 3 is 2.47 bits per heavy atom. The Morgan fingerprint density at radius 2 is 1.97 bits per heavy atom. The molecule has 0 bridgehead atoms. The topological polar surface area (TPSA) is 142 Å². The molecule has 36 heavy (non-hydrogen) atoms. The van der Waals surface area contributed by atoms with Gasteiger partial charge >= 0.3 is 5.97 Å². The standard InChI is InChI=1S/C18H25N5O5.C5H13N.C2H6/c1-5-20-13(8-19-4)18(27)28-9-14(25)15-10(2)12-6-7-21-23(11(3)24)16(12)17(26)22-15;1-3-4-5-6-2;1-2/h5,8,10,12,15-16,21H,4,6-7,9H2,1-3H3,(H,22,26);6H,3-5H2,1-2H3;1-2H3/b13-8-,20-5?;;. The zero-order chi connectivity index (χ0) is 27.7. The lowest BCUT2D eigenvalue weighted by Gasteiger charge is -2.47. The number of rotatable bonds is 9. The third kappa shape index (κ3) is 9.98. The van der Waals surface area contributed by atoms with E-state index in [0.717, 1.165) is 12.7 Å². The molecule has 2 aliphatic rings. The van der Waals surface area contributed by atoms with E-state index in [1.807, 2.05) is 27.8 Å². The lowest BCUT2D eigenvalue weighted by molar-refractivity contribution is -0.156. The molecule has 0 aromatic carbocycles. The Balaban J connectivity index is 0.00000134. The van der Waals surface area contributed by atoms with Crippen molar-refractivity contribution in [2.24, 2.45) is 21.8 Å². The number of fused-ring (bicyclic) bond motifs is 1. The van der Waals surface area contributed by atoms with Crippen LogP contribution < -0.4 is 16.1 Å². The average molecular weight is 509 g/mol. The van der Waals surface area contributed by atoms with Crippen LogP contribution in [0.2, 0.25) is 0 Å². The number of amides is 2. The van der Waals surface area contributed by atoms with Crippen LogP contribution >= 0.6 is 0 Å². The number of ketones is 1. The molecule has 11 nitrogen and oxygen atoms in total. The fraction of sp³-hybridized carbons (Fsp3) is 0.680. The number of nitrogens with zero attached hydrogens (tertiary/aromatic N) is 3. The summed E-state index contributed by atoms with van der Waals surface area (Å²) in [7, 11) is 1.98. The number of hydrogen-bond donors (Lipinski definition) is 3. The summed E-state index contributed by atoms with van der Waals surface area (Å²) in [6.45, 7) is 15.5. The van der Waals surface area contributed by atoms with E-state index in [1.165, 1.54) is 31.0 Å². The maximum Gasteiger partial charge on any atom is 0.358 e. The Kier molecular flexibility index (Phi) is 16.9. The smallest absolute Gasteiger partial charge is 0.358 e. The third-order valence-corrected chi connectivity index (χ3v) is 5.71. The maximum atomic E-state index is 12.6. The highest BCUT2D eigenvalue weighted by Crippen LogP contribution is 2.32. The van der Waals surface area contributed by atoms with Crippen molar-refractivity contribution in [3.63, 3.8) is 0 Å². The Bertz CT molecular complexity index is 794. The van der Waals surface area contributed by atoms with Gasteiger partial charge in [-0.15, -0.1) is 0 Å². The summed E-state index contributed by atoms with van der Waals surface area (Å²) in [4.78, 5) is 56.3. The largest absolute Gasteiger partial charge is 0.453 e. The summed E-state index contributed by atoms with van der Waals surface area (Å²) in [6.07, 6.45) is 5.77. The fourth-order valence-corrected chi connectivity index (χ4v) is 3.98. The number of carbonyl (C=O) groups is 4. The van der Waals surface area contributed by atoms with Gasteiger partial charge in [0.1, 0.15) is 6.04 Å². The van der Waals surface area contributed by atoms with Crippen LogP contribution in [0.1, 0.15) is 60.8 Å². The molecule has 0 aromatic heterocycles. The van der Waals surface area contributed by atoms with Gasteiger partial charge < -0.3 is 15.4 Å². The molecular weight excluding hydrogens is 464 g/mol. The van der Waals surface area contributed by atoms with E-state index < -0.39 is 36.4 Å². The number of hydrazine groups is 1. The van der Waals surface area contributed by atoms with E-state index in [2.05, 4.69) is 39.7 Å². The first-order valence-corrected chi connectivity index (χ1v) is 12.6. The number of carbonyl (C=O) groups excluding carboxylic acids is 4. The molecule has 2 saturated heterocycles. The van der Waals surface area contributed by atoms with Gasteiger partial charge in [0.05, 0.1) is 12.2 Å². The van der Waals surface area contributed by atoms with Gasteiger partial charge in [-0.3, -0.25) is 29.4 Å².